The molecule has 0 aliphatic carbocycles. The molecule has 0 aliphatic heterocycles. The van der Waals surface area contributed by atoms with Crippen LogP contribution in [0, 0.1) is 0 Å². The molecule has 0 bridgehead atoms. The molecule has 0 fully saturated rings. The van der Waals surface area contributed by atoms with E-state index < -0.39 is 0 Å². The second kappa shape index (κ2) is 227. The predicted molar refractivity (Wildman–Crippen MR) is 9.68 cm³/mol. The van der Waals surface area contributed by atoms with Gasteiger partial charge in [-0.15, -0.1) is 0 Å². The molecule has 0 saturated heterocycles. The zero-order valence-electron chi connectivity index (χ0n) is 3.09. The monoisotopic (exact) mass is 230 g/mol. The van der Waals surface area contributed by atoms with E-state index in [1.807, 2.05) is 0 Å². The van der Waals surface area contributed by atoms with Crippen molar-refractivity contribution in [3.05, 3.63) is 0 Å². The van der Waals surface area contributed by atoms with Gasteiger partial charge in [0.05, 0.1) is 0 Å². The fraction of sp³-hybridized carbons (Fsp3) is 0. The first kappa shape index (κ1) is 351. The van der Waals surface area contributed by atoms with Crippen molar-refractivity contribution in [2.45, 2.75) is 0 Å². The van der Waals surface area contributed by atoms with Gasteiger partial charge in [0.1, 0.15) is 0 Å². The minimum absolute atomic E-state index is 0. The smallest absolute Gasteiger partial charge is 0.870 e. The Morgan fingerprint density at radius 3 is 0.429 bits per heavy atom. The molecule has 0 amide bonds. The van der Waals surface area contributed by atoms with Gasteiger partial charge in [-0.05, 0) is 0 Å². The summed E-state index contributed by atoms with van der Waals surface area (Å²) in [6, 6.07) is 0. The third kappa shape index (κ3) is 158. The van der Waals surface area contributed by atoms with E-state index in [2.05, 4.69) is 0 Å². The Bertz CT molecular complexity index is 8.04. The van der Waals surface area contributed by atoms with Gasteiger partial charge in [0.25, 0.3) is 0 Å². The summed E-state index contributed by atoms with van der Waals surface area (Å²) >= 11 is 0. The van der Waals surface area contributed by atoms with E-state index in [1.165, 1.54) is 0 Å². The van der Waals surface area contributed by atoms with Gasteiger partial charge in [-0.2, -0.15) is 0 Å². The molecule has 7 heteroatoms. The molecule has 0 aliphatic rings. The van der Waals surface area contributed by atoms with Crippen molar-refractivity contribution >= 4 is 0 Å². The van der Waals surface area contributed by atoms with Gasteiger partial charge in [0, 0.05) is 17.4 Å². The zero-order chi connectivity index (χ0) is 0. The first-order valence-corrected chi connectivity index (χ1v) is 0. The molecule has 0 heterocycles. The van der Waals surface area contributed by atoms with Crippen LogP contribution in [0.2, 0.25) is 0 Å². The maximum Gasteiger partial charge on any atom is 5.00 e. The summed E-state index contributed by atoms with van der Waals surface area (Å²) in [6.45, 7) is 0. The van der Waals surface area contributed by atoms with Gasteiger partial charge >= 0.3 is 22.4 Å². The molecule has 0 saturated carbocycles. The quantitative estimate of drug-likeness (QED) is 0.494. The van der Waals surface area contributed by atoms with E-state index in [0.717, 1.165) is 0 Å². The Kier molecular flexibility index (Phi) is 11400. The zero-order valence-corrected chi connectivity index (χ0v) is 6.57. The van der Waals surface area contributed by atoms with Crippen molar-refractivity contribution in [3.63, 3.8) is 0 Å². The third-order valence-electron chi connectivity index (χ3n) is 0. The summed E-state index contributed by atoms with van der Waals surface area (Å²) in [5.74, 6) is 0. The number of hydrogen-bond donors (Lipinski definition) is 0. The minimum Gasteiger partial charge on any atom is -0.870 e. The Balaban J connectivity index is 0. The average Bonchev–Trinajstić information content (AvgIpc) is 0. The van der Waals surface area contributed by atoms with Crippen LogP contribution in [0.15, 0.2) is 0 Å². The van der Waals surface area contributed by atoms with Gasteiger partial charge in [-0.25, -0.2) is 0 Å². The molecule has 0 aromatic rings. The maximum atomic E-state index is 0. The van der Waals surface area contributed by atoms with Crippen LogP contribution >= 0.6 is 0 Å². The molecular weight excluding hydrogens is 225 g/mol. The number of hydrogen-bond acceptors (Lipinski definition) is 5. The molecule has 0 aromatic heterocycles. The predicted octanol–water partition coefficient (Wildman–Crippen LogP) is -0.889. The summed E-state index contributed by atoms with van der Waals surface area (Å²) in [4.78, 5) is 0. The second-order valence-electron chi connectivity index (χ2n) is 0. The van der Waals surface area contributed by atoms with Crippen LogP contribution in [-0.2, 0) is 39.7 Å². The molecule has 7 heavy (non-hydrogen) atoms. The van der Waals surface area contributed by atoms with E-state index in [1.54, 1.807) is 0 Å². The Morgan fingerprint density at radius 2 is 0.429 bits per heavy atom. The fourth-order valence-electron chi connectivity index (χ4n) is 0. The number of rotatable bonds is 0. The third-order valence-corrected chi connectivity index (χ3v) is 0. The van der Waals surface area contributed by atoms with Crippen molar-refractivity contribution in [2.75, 3.05) is 0 Å². The van der Waals surface area contributed by atoms with Crippen molar-refractivity contribution in [1.29, 1.82) is 0 Å². The van der Waals surface area contributed by atoms with E-state index in [-0.39, 0.29) is 67.1 Å². The molecule has 46 valence electrons. The van der Waals surface area contributed by atoms with E-state index in [4.69, 9.17) is 0 Å². The van der Waals surface area contributed by atoms with Gasteiger partial charge < -0.3 is 27.4 Å². The summed E-state index contributed by atoms with van der Waals surface area (Å²) in [5, 5.41) is 0. The molecule has 0 aromatic carbocycles. The molecule has 0 rings (SSSR count). The summed E-state index contributed by atoms with van der Waals surface area (Å²) in [5.41, 5.74) is 0. The normalized spacial score (nSPS) is 0. The molecule has 5 nitrogen and oxygen atoms in total. The van der Waals surface area contributed by atoms with Crippen LogP contribution in [0.1, 0.15) is 0 Å². The summed E-state index contributed by atoms with van der Waals surface area (Å²) in [6.07, 6.45) is 0. The molecule has 0 radical (unpaired) electrons. The minimum atomic E-state index is 0. The van der Waals surface area contributed by atoms with Gasteiger partial charge in [-0.1, -0.05) is 0 Å². The first-order valence-electron chi connectivity index (χ1n) is 0. The Morgan fingerprint density at radius 1 is 0.429 bits per heavy atom. The Labute approximate surface area is 67.3 Å². The van der Waals surface area contributed by atoms with E-state index in [0.29, 0.717) is 0 Å². The van der Waals surface area contributed by atoms with Crippen LogP contribution in [0.5, 0.6) is 0 Å². The fourth-order valence-corrected chi connectivity index (χ4v) is 0. The first-order chi connectivity index (χ1) is 0. The standard InChI is InChI=1S/Cr.Nb.5H2O/h;;5*1H2/q;+5;;;;;/p-5. The van der Waals surface area contributed by atoms with Gasteiger partial charge in [0.15, 0.2) is 0 Å². The average molecular weight is 230 g/mol. The second-order valence-corrected chi connectivity index (χ2v) is 0. The molecule has 0 spiro atoms. The Hall–Kier alpha value is 1.07. The molecule has 5 N–H and O–H groups in total. The van der Waals surface area contributed by atoms with Crippen LogP contribution in [0.4, 0.5) is 0 Å². The molecule has 0 unspecified atom stereocenters. The van der Waals surface area contributed by atoms with Gasteiger partial charge in [0.2, 0.25) is 0 Å². The van der Waals surface area contributed by atoms with Crippen molar-refractivity contribution < 1.29 is 67.1 Å². The SMILES string of the molecule is [Cr].[Nb+5].[OH-].[OH-].[OH-].[OH-].[OH-]. The van der Waals surface area contributed by atoms with Crippen LogP contribution in [0.3, 0.4) is 0 Å². The molecular formula is H5CrNbO5. The van der Waals surface area contributed by atoms with Crippen molar-refractivity contribution in [3.8, 4) is 0 Å². The molecule has 0 atom stereocenters. The maximum absolute atomic E-state index is 0. The topological polar surface area (TPSA) is 150 Å². The van der Waals surface area contributed by atoms with Crippen molar-refractivity contribution in [1.82, 2.24) is 0 Å². The van der Waals surface area contributed by atoms with E-state index in [9.17, 15) is 0 Å². The van der Waals surface area contributed by atoms with Crippen molar-refractivity contribution in [2.24, 2.45) is 0 Å². The summed E-state index contributed by atoms with van der Waals surface area (Å²) in [7, 11) is 0. The van der Waals surface area contributed by atoms with Crippen LogP contribution < -0.4 is 0 Å². The summed E-state index contributed by atoms with van der Waals surface area (Å²) < 4.78 is 0. The van der Waals surface area contributed by atoms with Crippen LogP contribution in [0.25, 0.3) is 0 Å². The van der Waals surface area contributed by atoms with E-state index >= 15 is 0 Å². The van der Waals surface area contributed by atoms with Crippen LogP contribution in [-0.4, -0.2) is 27.4 Å². The van der Waals surface area contributed by atoms with Gasteiger partial charge in [-0.3, -0.25) is 0 Å². The largest absolute Gasteiger partial charge is 5.00 e.